The van der Waals surface area contributed by atoms with E-state index < -0.39 is 11.4 Å². The van der Waals surface area contributed by atoms with Gasteiger partial charge < -0.3 is 10.5 Å². The minimum absolute atomic E-state index is 0.173. The molecule has 0 bridgehead atoms. The van der Waals surface area contributed by atoms with Gasteiger partial charge in [0, 0.05) is 23.3 Å². The van der Waals surface area contributed by atoms with Crippen LogP contribution in [0, 0.1) is 5.82 Å². The molecule has 1 heterocycles. The molecule has 0 spiro atoms. The lowest BCUT2D eigenvalue weighted by Crippen LogP contribution is -2.27. The number of pyridine rings is 1. The van der Waals surface area contributed by atoms with Gasteiger partial charge in [-0.2, -0.15) is 0 Å². The first-order valence-electron chi connectivity index (χ1n) is 5.96. The zero-order valence-electron chi connectivity index (χ0n) is 10.8. The van der Waals surface area contributed by atoms with Gasteiger partial charge in [-0.3, -0.25) is 4.98 Å². The summed E-state index contributed by atoms with van der Waals surface area (Å²) in [5.74, 6) is -0.299. The van der Waals surface area contributed by atoms with Crippen molar-refractivity contribution in [3.05, 3.63) is 30.2 Å². The quantitative estimate of drug-likeness (QED) is 0.845. The van der Waals surface area contributed by atoms with Gasteiger partial charge in [0.2, 0.25) is 0 Å². The molecule has 0 radical (unpaired) electrons. The average Bonchev–Trinajstić information content (AvgIpc) is 2.34. The van der Waals surface area contributed by atoms with E-state index in [1.165, 1.54) is 6.07 Å². The van der Waals surface area contributed by atoms with E-state index in [2.05, 4.69) is 4.98 Å². The summed E-state index contributed by atoms with van der Waals surface area (Å²) in [7, 11) is 0. The number of hydrogen-bond acceptors (Lipinski definition) is 3. The maximum absolute atomic E-state index is 14.0. The molecule has 0 amide bonds. The summed E-state index contributed by atoms with van der Waals surface area (Å²) in [5, 5.41) is 0.709. The maximum atomic E-state index is 14.0. The first-order valence-corrected chi connectivity index (χ1v) is 5.96. The second kappa shape index (κ2) is 4.44. The number of aromatic nitrogens is 1. The predicted octanol–water partition coefficient (Wildman–Crippen LogP) is 3.52. The van der Waals surface area contributed by atoms with Gasteiger partial charge in [0.15, 0.2) is 11.6 Å². The van der Waals surface area contributed by atoms with E-state index in [1.54, 1.807) is 12.3 Å². The van der Waals surface area contributed by atoms with Crippen molar-refractivity contribution in [2.24, 2.45) is 0 Å². The molecule has 0 aliphatic heterocycles. The van der Waals surface area contributed by atoms with Crippen molar-refractivity contribution in [1.29, 1.82) is 0 Å². The predicted molar refractivity (Wildman–Crippen MR) is 71.1 cm³/mol. The van der Waals surface area contributed by atoms with Crippen LogP contribution in [0.2, 0.25) is 0 Å². The van der Waals surface area contributed by atoms with Crippen LogP contribution in [0.1, 0.15) is 27.2 Å². The van der Waals surface area contributed by atoms with E-state index in [9.17, 15) is 4.39 Å². The molecule has 0 atom stereocenters. The minimum Gasteiger partial charge on any atom is -0.482 e. The fraction of sp³-hybridized carbons (Fsp3) is 0.357. The number of rotatable bonds is 3. The van der Waals surface area contributed by atoms with Gasteiger partial charge >= 0.3 is 0 Å². The minimum atomic E-state index is -0.472. The van der Waals surface area contributed by atoms with Crippen LogP contribution in [0.5, 0.6) is 5.75 Å². The molecular weight excluding hydrogens is 231 g/mol. The number of nitrogens with two attached hydrogens (primary N) is 1. The standard InChI is InChI=1S/C14H17FN2O/c1-4-14(2,3)18-13-10(15)8-11(16)9-6-5-7-17-12(9)13/h5-8H,4,16H2,1-3H3. The monoisotopic (exact) mass is 248 g/mol. The number of benzene rings is 1. The number of nitrogens with zero attached hydrogens (tertiary/aromatic N) is 1. The van der Waals surface area contributed by atoms with Gasteiger partial charge in [0.05, 0.1) is 0 Å². The normalized spacial score (nSPS) is 11.8. The van der Waals surface area contributed by atoms with Crippen molar-refractivity contribution in [2.75, 3.05) is 5.73 Å². The SMILES string of the molecule is CCC(C)(C)Oc1c(F)cc(N)c2cccnc12. The zero-order valence-corrected chi connectivity index (χ0v) is 10.8. The second-order valence-electron chi connectivity index (χ2n) is 4.89. The molecule has 1 aromatic heterocycles. The molecule has 0 fully saturated rings. The summed E-state index contributed by atoms with van der Waals surface area (Å²) in [4.78, 5) is 4.18. The lowest BCUT2D eigenvalue weighted by molar-refractivity contribution is 0.101. The molecule has 0 saturated carbocycles. The smallest absolute Gasteiger partial charge is 0.182 e. The number of ether oxygens (including phenoxy) is 1. The van der Waals surface area contributed by atoms with Gasteiger partial charge in [0.1, 0.15) is 11.1 Å². The van der Waals surface area contributed by atoms with Gasteiger partial charge in [-0.1, -0.05) is 6.92 Å². The molecule has 2 rings (SSSR count). The van der Waals surface area contributed by atoms with Crippen molar-refractivity contribution < 1.29 is 9.13 Å². The van der Waals surface area contributed by atoms with Gasteiger partial charge in [-0.05, 0) is 32.4 Å². The number of halogens is 1. The molecule has 1 aromatic carbocycles. The van der Waals surface area contributed by atoms with Crippen molar-refractivity contribution in [3.8, 4) is 5.75 Å². The van der Waals surface area contributed by atoms with Crippen LogP contribution in [0.4, 0.5) is 10.1 Å². The van der Waals surface area contributed by atoms with E-state index in [4.69, 9.17) is 10.5 Å². The van der Waals surface area contributed by atoms with Crippen molar-refractivity contribution in [2.45, 2.75) is 32.8 Å². The van der Waals surface area contributed by atoms with Gasteiger partial charge in [0.25, 0.3) is 0 Å². The Morgan fingerprint density at radius 3 is 2.83 bits per heavy atom. The van der Waals surface area contributed by atoms with E-state index in [0.29, 0.717) is 16.6 Å². The van der Waals surface area contributed by atoms with Crippen LogP contribution < -0.4 is 10.5 Å². The molecule has 96 valence electrons. The average molecular weight is 248 g/mol. The lowest BCUT2D eigenvalue weighted by atomic mass is 10.1. The Hall–Kier alpha value is -1.84. The molecule has 0 aliphatic carbocycles. The van der Waals surface area contributed by atoms with Crippen LogP contribution in [-0.2, 0) is 0 Å². The molecule has 0 aliphatic rings. The molecular formula is C14H17FN2O. The number of nitrogen functional groups attached to an aromatic ring is 1. The summed E-state index contributed by atoms with van der Waals surface area (Å²) in [6.07, 6.45) is 2.37. The lowest BCUT2D eigenvalue weighted by Gasteiger charge is -2.25. The van der Waals surface area contributed by atoms with Gasteiger partial charge in [-0.25, -0.2) is 4.39 Å². The topological polar surface area (TPSA) is 48.1 Å². The maximum Gasteiger partial charge on any atom is 0.182 e. The Morgan fingerprint density at radius 2 is 2.17 bits per heavy atom. The first kappa shape index (κ1) is 12.6. The van der Waals surface area contributed by atoms with Crippen LogP contribution in [-0.4, -0.2) is 10.6 Å². The van der Waals surface area contributed by atoms with Crippen molar-refractivity contribution in [3.63, 3.8) is 0 Å². The highest BCUT2D eigenvalue weighted by Crippen LogP contribution is 2.34. The van der Waals surface area contributed by atoms with Crippen molar-refractivity contribution >= 4 is 16.6 Å². The van der Waals surface area contributed by atoms with Gasteiger partial charge in [-0.15, -0.1) is 0 Å². The number of fused-ring (bicyclic) bond motifs is 1. The van der Waals surface area contributed by atoms with Crippen LogP contribution in [0.15, 0.2) is 24.4 Å². The third-order valence-corrected chi connectivity index (χ3v) is 3.06. The largest absolute Gasteiger partial charge is 0.482 e. The van der Waals surface area contributed by atoms with Crippen molar-refractivity contribution in [1.82, 2.24) is 4.98 Å². The molecule has 18 heavy (non-hydrogen) atoms. The highest BCUT2D eigenvalue weighted by Gasteiger charge is 2.22. The van der Waals surface area contributed by atoms with E-state index in [0.717, 1.165) is 6.42 Å². The summed E-state index contributed by atoms with van der Waals surface area (Å²) in [5.41, 5.74) is 6.19. The summed E-state index contributed by atoms with van der Waals surface area (Å²) in [6.45, 7) is 5.82. The fourth-order valence-corrected chi connectivity index (χ4v) is 1.66. The highest BCUT2D eigenvalue weighted by molar-refractivity contribution is 5.94. The summed E-state index contributed by atoms with van der Waals surface area (Å²) in [6, 6.07) is 4.86. The molecule has 2 N–H and O–H groups in total. The Kier molecular flexibility index (Phi) is 3.11. The third-order valence-electron chi connectivity index (χ3n) is 3.06. The third kappa shape index (κ3) is 2.23. The Labute approximate surface area is 106 Å². The molecule has 0 saturated heterocycles. The van der Waals surface area contributed by atoms with Crippen LogP contribution in [0.25, 0.3) is 10.9 Å². The molecule has 2 aromatic rings. The Balaban J connectivity index is 2.63. The first-order chi connectivity index (χ1) is 8.44. The van der Waals surface area contributed by atoms with Crippen LogP contribution >= 0.6 is 0 Å². The molecule has 0 unspecified atom stereocenters. The molecule has 3 nitrogen and oxygen atoms in total. The van der Waals surface area contributed by atoms with E-state index in [1.807, 2.05) is 26.8 Å². The van der Waals surface area contributed by atoms with E-state index in [-0.39, 0.29) is 5.75 Å². The second-order valence-corrected chi connectivity index (χ2v) is 4.89. The number of anilines is 1. The summed E-state index contributed by atoms with van der Waals surface area (Å²) < 4.78 is 19.8. The summed E-state index contributed by atoms with van der Waals surface area (Å²) >= 11 is 0. The number of hydrogen-bond donors (Lipinski definition) is 1. The van der Waals surface area contributed by atoms with Crippen LogP contribution in [0.3, 0.4) is 0 Å². The fourth-order valence-electron chi connectivity index (χ4n) is 1.66. The van der Waals surface area contributed by atoms with E-state index >= 15 is 0 Å². The highest BCUT2D eigenvalue weighted by atomic mass is 19.1. The molecule has 4 heteroatoms. The zero-order chi connectivity index (χ0) is 13.3. The Bertz CT molecular complexity index is 581. The Morgan fingerprint density at radius 1 is 1.44 bits per heavy atom.